The highest BCUT2D eigenvalue weighted by Gasteiger charge is 2.17. The Kier molecular flexibility index (Phi) is 8.44. The monoisotopic (exact) mass is 517 g/mol. The van der Waals surface area contributed by atoms with Gasteiger partial charge in [0.05, 0.1) is 21.3 Å². The number of hydrogen-bond donors (Lipinski definition) is 1. The zero-order chi connectivity index (χ0) is 25.6. The van der Waals surface area contributed by atoms with Gasteiger partial charge in [-0.25, -0.2) is 16.8 Å². The van der Waals surface area contributed by atoms with Crippen molar-refractivity contribution >= 4 is 42.9 Å². The van der Waals surface area contributed by atoms with Crippen molar-refractivity contribution in [1.82, 2.24) is 15.0 Å². The largest absolute Gasteiger partial charge is 0.324 e. The minimum absolute atomic E-state index is 0.105. The van der Waals surface area contributed by atoms with E-state index in [-0.39, 0.29) is 21.3 Å². The second-order valence-electron chi connectivity index (χ2n) is 8.03. The van der Waals surface area contributed by atoms with Crippen molar-refractivity contribution in [3.05, 3.63) is 54.4 Å². The van der Waals surface area contributed by atoms with Crippen LogP contribution in [0.2, 0.25) is 0 Å². The van der Waals surface area contributed by atoms with Crippen LogP contribution in [0.25, 0.3) is 0 Å². The first kappa shape index (κ1) is 26.6. The van der Waals surface area contributed by atoms with Gasteiger partial charge < -0.3 is 10.2 Å². The summed E-state index contributed by atoms with van der Waals surface area (Å²) >= 11 is 0. The molecule has 35 heavy (non-hydrogen) atoms. The van der Waals surface area contributed by atoms with Gasteiger partial charge in [-0.2, -0.15) is 15.0 Å². The number of rotatable bonds is 11. The summed E-state index contributed by atoms with van der Waals surface area (Å²) < 4.78 is 49.2. The van der Waals surface area contributed by atoms with Gasteiger partial charge in [0.15, 0.2) is 19.7 Å². The molecule has 0 bridgehead atoms. The van der Waals surface area contributed by atoms with Crippen molar-refractivity contribution < 1.29 is 16.8 Å². The molecule has 1 aromatic heterocycles. The highest BCUT2D eigenvalue weighted by Crippen LogP contribution is 2.26. The third-order valence-electron chi connectivity index (χ3n) is 5.22. The van der Waals surface area contributed by atoms with Crippen LogP contribution in [0.1, 0.15) is 39.4 Å². The summed E-state index contributed by atoms with van der Waals surface area (Å²) in [5, 5.41) is 3.11. The molecule has 0 aliphatic rings. The van der Waals surface area contributed by atoms with Gasteiger partial charge in [-0.05, 0) is 75.2 Å². The van der Waals surface area contributed by atoms with E-state index in [0.717, 1.165) is 5.69 Å². The maximum absolute atomic E-state index is 12.3. The van der Waals surface area contributed by atoms with Crippen LogP contribution in [0, 0.1) is 6.92 Å². The minimum Gasteiger partial charge on any atom is -0.324 e. The summed E-state index contributed by atoms with van der Waals surface area (Å²) in [6.07, 6.45) is 1.11. The quantitative estimate of drug-likeness (QED) is 0.393. The number of aryl methyl sites for hydroxylation is 1. The summed E-state index contributed by atoms with van der Waals surface area (Å²) in [7, 11) is -6.58. The first-order valence-corrected chi connectivity index (χ1v) is 14.8. The van der Waals surface area contributed by atoms with E-state index in [9.17, 15) is 16.8 Å². The van der Waals surface area contributed by atoms with Gasteiger partial charge in [0.1, 0.15) is 5.82 Å². The molecule has 0 aliphatic carbocycles. The Bertz CT molecular complexity index is 1360. The van der Waals surface area contributed by atoms with E-state index >= 15 is 0 Å². The van der Waals surface area contributed by atoms with E-state index in [2.05, 4.69) is 20.3 Å². The predicted molar refractivity (Wildman–Crippen MR) is 138 cm³/mol. The Hall–Kier alpha value is -3.05. The molecule has 2 aromatic carbocycles. The van der Waals surface area contributed by atoms with Crippen molar-refractivity contribution in [3.8, 4) is 0 Å². The van der Waals surface area contributed by atoms with Crippen LogP contribution in [-0.4, -0.2) is 49.8 Å². The molecule has 1 N–H and O–H groups in total. The van der Waals surface area contributed by atoms with Crippen LogP contribution in [0.3, 0.4) is 0 Å². The number of hydrogen-bond acceptors (Lipinski definition) is 9. The van der Waals surface area contributed by atoms with Crippen molar-refractivity contribution in [3.63, 3.8) is 0 Å². The Morgan fingerprint density at radius 3 is 1.74 bits per heavy atom. The molecule has 0 radical (unpaired) electrons. The van der Waals surface area contributed by atoms with Gasteiger partial charge in [0, 0.05) is 17.9 Å². The molecule has 0 unspecified atom stereocenters. The third-order valence-corrected chi connectivity index (χ3v) is 9.09. The van der Waals surface area contributed by atoms with Crippen LogP contribution >= 0.6 is 0 Å². The SMILES string of the molecule is CCCS(=O)(=O)c1ccc(Nc2nc(C)nc(N(CC)c3ccc(S(=O)(=O)CCC)cc3)n2)cc1. The number of sulfone groups is 2. The van der Waals surface area contributed by atoms with Crippen molar-refractivity contribution in [2.75, 3.05) is 28.3 Å². The Morgan fingerprint density at radius 2 is 1.26 bits per heavy atom. The van der Waals surface area contributed by atoms with Crippen LogP contribution < -0.4 is 10.2 Å². The predicted octanol–water partition coefficient (Wildman–Crippen LogP) is 4.45. The first-order valence-electron chi connectivity index (χ1n) is 11.5. The topological polar surface area (TPSA) is 122 Å². The highest BCUT2D eigenvalue weighted by atomic mass is 32.2. The van der Waals surface area contributed by atoms with E-state index in [1.807, 2.05) is 25.7 Å². The molecule has 0 saturated carbocycles. The average Bonchev–Trinajstić information content (AvgIpc) is 2.80. The lowest BCUT2D eigenvalue weighted by molar-refractivity contribution is 0.593. The van der Waals surface area contributed by atoms with E-state index in [1.54, 1.807) is 55.5 Å². The van der Waals surface area contributed by atoms with Gasteiger partial charge in [-0.15, -0.1) is 0 Å². The van der Waals surface area contributed by atoms with Crippen LogP contribution in [0.15, 0.2) is 58.3 Å². The molecule has 11 heteroatoms. The summed E-state index contributed by atoms with van der Waals surface area (Å²) in [5.74, 6) is 1.44. The number of nitrogens with one attached hydrogen (secondary N) is 1. The molecular formula is C24H31N5O4S2. The number of anilines is 4. The zero-order valence-electron chi connectivity index (χ0n) is 20.4. The molecule has 0 amide bonds. The smallest absolute Gasteiger partial charge is 0.234 e. The molecule has 0 spiro atoms. The lowest BCUT2D eigenvalue weighted by atomic mass is 10.3. The molecule has 188 valence electrons. The van der Waals surface area contributed by atoms with Gasteiger partial charge in [0.25, 0.3) is 0 Å². The number of nitrogens with zero attached hydrogens (tertiary/aromatic N) is 4. The second-order valence-corrected chi connectivity index (χ2v) is 12.2. The second kappa shape index (κ2) is 11.1. The molecule has 3 rings (SSSR count). The molecular weight excluding hydrogens is 486 g/mol. The van der Waals surface area contributed by atoms with Crippen molar-refractivity contribution in [2.45, 2.75) is 50.3 Å². The summed E-state index contributed by atoms with van der Waals surface area (Å²) in [6, 6.07) is 13.2. The maximum atomic E-state index is 12.3. The number of aromatic nitrogens is 3. The Balaban J connectivity index is 1.85. The van der Waals surface area contributed by atoms with Gasteiger partial charge in [0.2, 0.25) is 11.9 Å². The third kappa shape index (κ3) is 6.55. The van der Waals surface area contributed by atoms with Gasteiger partial charge in [-0.3, -0.25) is 0 Å². The van der Waals surface area contributed by atoms with Gasteiger partial charge in [-0.1, -0.05) is 13.8 Å². The lowest BCUT2D eigenvalue weighted by Crippen LogP contribution is -2.20. The fraction of sp³-hybridized carbons (Fsp3) is 0.375. The van der Waals surface area contributed by atoms with Crippen molar-refractivity contribution in [2.24, 2.45) is 0 Å². The lowest BCUT2D eigenvalue weighted by Gasteiger charge is -2.22. The van der Waals surface area contributed by atoms with Gasteiger partial charge >= 0.3 is 0 Å². The molecule has 0 atom stereocenters. The van der Waals surface area contributed by atoms with E-state index in [0.29, 0.717) is 42.8 Å². The van der Waals surface area contributed by atoms with E-state index < -0.39 is 19.7 Å². The zero-order valence-corrected chi connectivity index (χ0v) is 22.0. The average molecular weight is 518 g/mol. The van der Waals surface area contributed by atoms with E-state index in [1.165, 1.54) is 0 Å². The summed E-state index contributed by atoms with van der Waals surface area (Å²) in [6.45, 7) is 7.92. The van der Waals surface area contributed by atoms with E-state index in [4.69, 9.17) is 0 Å². The van der Waals surface area contributed by atoms with Crippen LogP contribution in [0.5, 0.6) is 0 Å². The maximum Gasteiger partial charge on any atom is 0.234 e. The minimum atomic E-state index is -3.30. The normalized spacial score (nSPS) is 11.9. The molecule has 0 fully saturated rings. The number of benzene rings is 2. The fourth-order valence-electron chi connectivity index (χ4n) is 3.57. The molecule has 9 nitrogen and oxygen atoms in total. The highest BCUT2D eigenvalue weighted by molar-refractivity contribution is 7.91. The summed E-state index contributed by atoms with van der Waals surface area (Å²) in [4.78, 5) is 15.8. The van der Waals surface area contributed by atoms with Crippen molar-refractivity contribution in [1.29, 1.82) is 0 Å². The first-order chi connectivity index (χ1) is 16.6. The molecule has 0 aliphatic heterocycles. The standard InChI is InChI=1S/C24H31N5O4S2/c1-5-16-34(30,31)21-12-8-19(9-13-21)27-23-25-18(4)26-24(28-23)29(7-3)20-10-14-22(15-11-20)35(32,33)17-6-2/h8-15H,5-7,16-17H2,1-4H3,(H,25,26,27,28). The van der Waals surface area contributed by atoms with Crippen LogP contribution in [-0.2, 0) is 19.7 Å². The molecule has 3 aromatic rings. The fourth-order valence-corrected chi connectivity index (χ4v) is 6.21. The molecule has 0 saturated heterocycles. The van der Waals surface area contributed by atoms with Crippen LogP contribution in [0.4, 0.5) is 23.3 Å². The molecule has 1 heterocycles. The summed E-state index contributed by atoms with van der Waals surface area (Å²) in [5.41, 5.74) is 1.40. The Morgan fingerprint density at radius 1 is 0.743 bits per heavy atom. The Labute approximate surface area is 207 Å².